The van der Waals surface area contributed by atoms with E-state index in [0.717, 1.165) is 38.2 Å². The topological polar surface area (TPSA) is 61.5 Å². The number of carbonyl (C=O) groups excluding carboxylic acids is 1. The largest absolute Gasteiger partial charge is 0.469 e. The minimum Gasteiger partial charge on any atom is -0.469 e. The molecule has 0 aromatic rings. The van der Waals surface area contributed by atoms with Crippen molar-refractivity contribution in [1.82, 2.24) is 0 Å². The monoisotopic (exact) mass is 259 g/mol. The summed E-state index contributed by atoms with van der Waals surface area (Å²) in [5, 5.41) is 0.388. The Balaban J connectivity index is 1.75. The molecule has 1 heterocycles. The minimum atomic E-state index is -0.0905. The highest BCUT2D eigenvalue weighted by atomic mass is 32.2. The molecule has 1 saturated heterocycles. The molecule has 0 amide bonds. The van der Waals surface area contributed by atoms with E-state index in [1.807, 2.05) is 11.8 Å². The molecule has 2 N–H and O–H groups in total. The van der Waals surface area contributed by atoms with Crippen LogP contribution < -0.4 is 5.73 Å². The third kappa shape index (κ3) is 3.60. The zero-order valence-electron chi connectivity index (χ0n) is 10.3. The van der Waals surface area contributed by atoms with Gasteiger partial charge < -0.3 is 15.2 Å². The second kappa shape index (κ2) is 5.59. The quantitative estimate of drug-likeness (QED) is 0.751. The van der Waals surface area contributed by atoms with Crippen LogP contribution in [0.4, 0.5) is 0 Å². The van der Waals surface area contributed by atoms with Crippen LogP contribution in [0.25, 0.3) is 0 Å². The molecule has 4 nitrogen and oxygen atoms in total. The molecule has 0 radical (unpaired) electrons. The Morgan fingerprint density at radius 1 is 1.59 bits per heavy atom. The van der Waals surface area contributed by atoms with Gasteiger partial charge >= 0.3 is 5.97 Å². The van der Waals surface area contributed by atoms with Gasteiger partial charge in [-0.3, -0.25) is 4.79 Å². The van der Waals surface area contributed by atoms with Crippen molar-refractivity contribution in [1.29, 1.82) is 0 Å². The second-order valence-corrected chi connectivity index (χ2v) is 6.36. The zero-order chi connectivity index (χ0) is 12.3. The lowest BCUT2D eigenvalue weighted by Gasteiger charge is -2.29. The number of hydrogen-bond donors (Lipinski definition) is 1. The number of nitrogens with two attached hydrogens (primary N) is 1. The maximum absolute atomic E-state index is 11.3. The molecule has 5 heteroatoms. The molecule has 98 valence electrons. The molecule has 1 saturated carbocycles. The van der Waals surface area contributed by atoms with E-state index in [0.29, 0.717) is 11.7 Å². The summed E-state index contributed by atoms with van der Waals surface area (Å²) in [4.78, 5) is 11.3. The van der Waals surface area contributed by atoms with E-state index >= 15 is 0 Å². The summed E-state index contributed by atoms with van der Waals surface area (Å²) in [6.07, 6.45) is 3.77. The molecule has 1 aliphatic carbocycles. The lowest BCUT2D eigenvalue weighted by atomic mass is 10.1. The average molecular weight is 259 g/mol. The summed E-state index contributed by atoms with van der Waals surface area (Å²) in [5.41, 5.74) is 6.25. The SMILES string of the molecule is COC(=O)CC1(CSC2COCCC2N)CC1. The lowest BCUT2D eigenvalue weighted by Crippen LogP contribution is -2.41. The van der Waals surface area contributed by atoms with Crippen LogP contribution in [0.1, 0.15) is 25.7 Å². The summed E-state index contributed by atoms with van der Waals surface area (Å²) < 4.78 is 10.2. The van der Waals surface area contributed by atoms with Crippen LogP contribution in [-0.2, 0) is 14.3 Å². The fourth-order valence-corrected chi connectivity index (χ4v) is 3.65. The Bertz CT molecular complexity index is 281. The van der Waals surface area contributed by atoms with E-state index in [4.69, 9.17) is 15.2 Å². The molecule has 2 fully saturated rings. The van der Waals surface area contributed by atoms with Crippen LogP contribution in [0.2, 0.25) is 0 Å². The van der Waals surface area contributed by atoms with E-state index in [1.165, 1.54) is 7.11 Å². The minimum absolute atomic E-state index is 0.0905. The summed E-state index contributed by atoms with van der Waals surface area (Å²) in [5.74, 6) is 0.913. The van der Waals surface area contributed by atoms with Gasteiger partial charge in [0.2, 0.25) is 0 Å². The van der Waals surface area contributed by atoms with E-state index in [-0.39, 0.29) is 17.4 Å². The van der Waals surface area contributed by atoms with Gasteiger partial charge in [-0.05, 0) is 30.4 Å². The fraction of sp³-hybridized carbons (Fsp3) is 0.917. The Morgan fingerprint density at radius 3 is 2.94 bits per heavy atom. The molecule has 0 aromatic carbocycles. The normalized spacial score (nSPS) is 30.9. The average Bonchev–Trinajstić information content (AvgIpc) is 3.08. The van der Waals surface area contributed by atoms with E-state index in [1.54, 1.807) is 0 Å². The van der Waals surface area contributed by atoms with Gasteiger partial charge in [0.1, 0.15) is 0 Å². The molecule has 2 rings (SSSR count). The number of thioether (sulfide) groups is 1. The molecule has 0 spiro atoms. The van der Waals surface area contributed by atoms with Crippen LogP contribution in [0.5, 0.6) is 0 Å². The Morgan fingerprint density at radius 2 is 2.35 bits per heavy atom. The van der Waals surface area contributed by atoms with Gasteiger partial charge in [0.15, 0.2) is 0 Å². The third-order valence-electron chi connectivity index (χ3n) is 3.66. The summed E-state index contributed by atoms with van der Waals surface area (Å²) in [7, 11) is 1.45. The van der Waals surface area contributed by atoms with Crippen LogP contribution >= 0.6 is 11.8 Å². The van der Waals surface area contributed by atoms with E-state index in [2.05, 4.69) is 0 Å². The molecular formula is C12H21NO3S. The van der Waals surface area contributed by atoms with Crippen molar-refractivity contribution in [3.8, 4) is 0 Å². The maximum Gasteiger partial charge on any atom is 0.306 e. The van der Waals surface area contributed by atoms with Crippen molar-refractivity contribution in [3.05, 3.63) is 0 Å². The molecule has 1 aliphatic heterocycles. The Labute approximate surface area is 107 Å². The predicted octanol–water partition coefficient (Wildman–Crippen LogP) is 1.18. The van der Waals surface area contributed by atoms with Gasteiger partial charge in [0.25, 0.3) is 0 Å². The van der Waals surface area contributed by atoms with Crippen LogP contribution in [0, 0.1) is 5.41 Å². The highest BCUT2D eigenvalue weighted by molar-refractivity contribution is 8.00. The number of rotatable bonds is 5. The molecule has 2 aliphatic rings. The van der Waals surface area contributed by atoms with Gasteiger partial charge in [0, 0.05) is 17.9 Å². The van der Waals surface area contributed by atoms with Gasteiger partial charge in [-0.1, -0.05) is 0 Å². The molecule has 2 atom stereocenters. The molecule has 0 bridgehead atoms. The van der Waals surface area contributed by atoms with Crippen molar-refractivity contribution < 1.29 is 14.3 Å². The summed E-state index contributed by atoms with van der Waals surface area (Å²) in [6.45, 7) is 1.53. The molecule has 17 heavy (non-hydrogen) atoms. The standard InChI is InChI=1S/C12H21NO3S/c1-15-11(14)6-12(3-4-12)8-17-10-7-16-5-2-9(10)13/h9-10H,2-8,13H2,1H3. The van der Waals surface area contributed by atoms with Gasteiger partial charge in [0.05, 0.1) is 20.1 Å². The summed E-state index contributed by atoms with van der Waals surface area (Å²) >= 11 is 1.87. The number of esters is 1. The molecule has 0 aromatic heterocycles. The highest BCUT2D eigenvalue weighted by Crippen LogP contribution is 2.51. The molecular weight excluding hydrogens is 238 g/mol. The van der Waals surface area contributed by atoms with Crippen molar-refractivity contribution in [2.24, 2.45) is 11.1 Å². The van der Waals surface area contributed by atoms with Crippen LogP contribution in [0.15, 0.2) is 0 Å². The first-order chi connectivity index (χ1) is 8.15. The van der Waals surface area contributed by atoms with Crippen molar-refractivity contribution in [3.63, 3.8) is 0 Å². The second-order valence-electron chi connectivity index (χ2n) is 5.13. The highest BCUT2D eigenvalue weighted by Gasteiger charge is 2.45. The smallest absolute Gasteiger partial charge is 0.306 e. The Kier molecular flexibility index (Phi) is 4.33. The van der Waals surface area contributed by atoms with Crippen LogP contribution in [0.3, 0.4) is 0 Å². The fourth-order valence-electron chi connectivity index (χ4n) is 2.11. The maximum atomic E-state index is 11.3. The number of hydrogen-bond acceptors (Lipinski definition) is 5. The first-order valence-corrected chi connectivity index (χ1v) is 7.22. The Hall–Kier alpha value is -0.260. The van der Waals surface area contributed by atoms with Crippen molar-refractivity contribution >= 4 is 17.7 Å². The van der Waals surface area contributed by atoms with Crippen molar-refractivity contribution in [2.45, 2.75) is 37.0 Å². The van der Waals surface area contributed by atoms with Gasteiger partial charge in [-0.15, -0.1) is 0 Å². The molecule has 2 unspecified atom stereocenters. The van der Waals surface area contributed by atoms with Crippen molar-refractivity contribution in [2.75, 3.05) is 26.1 Å². The van der Waals surface area contributed by atoms with Crippen LogP contribution in [-0.4, -0.2) is 43.3 Å². The van der Waals surface area contributed by atoms with Gasteiger partial charge in [-0.2, -0.15) is 11.8 Å². The van der Waals surface area contributed by atoms with Gasteiger partial charge in [-0.25, -0.2) is 0 Å². The first kappa shape index (κ1) is 13.2. The lowest BCUT2D eigenvalue weighted by molar-refractivity contribution is -0.141. The summed E-state index contributed by atoms with van der Waals surface area (Å²) in [6, 6.07) is 0.239. The number of ether oxygens (including phenoxy) is 2. The third-order valence-corrected chi connectivity index (χ3v) is 5.36. The predicted molar refractivity (Wildman–Crippen MR) is 68.0 cm³/mol. The van der Waals surface area contributed by atoms with E-state index < -0.39 is 0 Å². The zero-order valence-corrected chi connectivity index (χ0v) is 11.1. The van der Waals surface area contributed by atoms with E-state index in [9.17, 15) is 4.79 Å². The number of methoxy groups -OCH3 is 1. The first-order valence-electron chi connectivity index (χ1n) is 6.17. The number of carbonyl (C=O) groups is 1.